The van der Waals surface area contributed by atoms with Gasteiger partial charge in [0.2, 0.25) is 10.0 Å². The lowest BCUT2D eigenvalue weighted by Gasteiger charge is -2.21. The molecule has 7 nitrogen and oxygen atoms in total. The standard InChI is InChI=1S/C19H24N4O3S/c1-20-9-6-10-22(12-11-20)19(24)17-13-16-18(23(17)27(3,25)26)14-7-4-5-8-15(14)21(16)2/h4-5,7-8,13H,6,9-12H2,1-3H3. The average Bonchev–Trinajstić information content (AvgIpc) is 3.05. The van der Waals surface area contributed by atoms with Gasteiger partial charge in [0.1, 0.15) is 5.69 Å². The van der Waals surface area contributed by atoms with Crippen LogP contribution >= 0.6 is 0 Å². The topological polar surface area (TPSA) is 67.5 Å². The SMILES string of the molecule is CN1CCCN(C(=O)c2cc3c(c4ccccc4n3C)n2S(C)(=O)=O)CC1. The van der Waals surface area contributed by atoms with Gasteiger partial charge in [0.25, 0.3) is 5.91 Å². The number of fused-ring (bicyclic) bond motifs is 3. The molecule has 2 aromatic heterocycles. The first-order valence-electron chi connectivity index (χ1n) is 9.06. The molecule has 0 spiro atoms. The number of aromatic nitrogens is 2. The molecule has 3 heterocycles. The molecule has 0 aliphatic carbocycles. The average molecular weight is 388 g/mol. The van der Waals surface area contributed by atoms with Crippen molar-refractivity contribution < 1.29 is 13.2 Å². The van der Waals surface area contributed by atoms with Crippen LogP contribution in [0.4, 0.5) is 0 Å². The second-order valence-electron chi connectivity index (χ2n) is 7.32. The molecule has 144 valence electrons. The van der Waals surface area contributed by atoms with E-state index in [2.05, 4.69) is 4.90 Å². The minimum Gasteiger partial charge on any atom is -0.342 e. The summed E-state index contributed by atoms with van der Waals surface area (Å²) < 4.78 is 28.5. The first kappa shape index (κ1) is 18.1. The van der Waals surface area contributed by atoms with Gasteiger partial charge in [0, 0.05) is 32.1 Å². The second kappa shape index (κ2) is 6.38. The smallest absolute Gasteiger partial charge is 0.271 e. The molecule has 1 aliphatic heterocycles. The van der Waals surface area contributed by atoms with Crippen LogP contribution in [0, 0.1) is 0 Å². The number of nitrogens with zero attached hydrogens (tertiary/aromatic N) is 4. The number of carbonyl (C=O) groups excluding carboxylic acids is 1. The van der Waals surface area contributed by atoms with E-state index in [1.165, 1.54) is 3.97 Å². The summed E-state index contributed by atoms with van der Waals surface area (Å²) in [7, 11) is 0.278. The quantitative estimate of drug-likeness (QED) is 0.670. The van der Waals surface area contributed by atoms with Crippen LogP contribution in [-0.2, 0) is 17.1 Å². The van der Waals surface area contributed by atoms with E-state index in [4.69, 9.17) is 0 Å². The molecule has 1 aromatic carbocycles. The van der Waals surface area contributed by atoms with Gasteiger partial charge in [0.05, 0.1) is 22.8 Å². The molecule has 1 amide bonds. The molecule has 0 atom stereocenters. The second-order valence-corrected chi connectivity index (χ2v) is 9.15. The van der Waals surface area contributed by atoms with Gasteiger partial charge in [-0.1, -0.05) is 18.2 Å². The van der Waals surface area contributed by atoms with Crippen LogP contribution in [0.3, 0.4) is 0 Å². The summed E-state index contributed by atoms with van der Waals surface area (Å²) in [5, 5.41) is 0.829. The molecule has 8 heteroatoms. The van der Waals surface area contributed by atoms with Crippen LogP contribution in [-0.4, -0.2) is 72.1 Å². The number of aryl methyl sites for hydroxylation is 1. The number of hydrogen-bond acceptors (Lipinski definition) is 4. The van der Waals surface area contributed by atoms with Crippen molar-refractivity contribution in [2.24, 2.45) is 7.05 Å². The normalized spacial score (nSPS) is 16.9. The van der Waals surface area contributed by atoms with Gasteiger partial charge in [-0.15, -0.1) is 0 Å². The van der Waals surface area contributed by atoms with Crippen molar-refractivity contribution in [2.45, 2.75) is 6.42 Å². The van der Waals surface area contributed by atoms with Crippen molar-refractivity contribution in [2.75, 3.05) is 39.5 Å². The van der Waals surface area contributed by atoms with Crippen LogP contribution in [0.5, 0.6) is 0 Å². The Morgan fingerprint density at radius 3 is 2.48 bits per heavy atom. The Hall–Kier alpha value is -2.32. The highest BCUT2D eigenvalue weighted by Gasteiger charge is 2.29. The van der Waals surface area contributed by atoms with Gasteiger partial charge < -0.3 is 14.4 Å². The lowest BCUT2D eigenvalue weighted by Crippen LogP contribution is -2.36. The zero-order chi connectivity index (χ0) is 19.3. The third-order valence-corrected chi connectivity index (χ3v) is 6.42. The molecule has 27 heavy (non-hydrogen) atoms. The largest absolute Gasteiger partial charge is 0.342 e. The van der Waals surface area contributed by atoms with Crippen LogP contribution in [0.2, 0.25) is 0 Å². The zero-order valence-electron chi connectivity index (χ0n) is 15.8. The molecule has 1 aliphatic rings. The summed E-state index contributed by atoms with van der Waals surface area (Å²) in [5.74, 6) is -0.226. The lowest BCUT2D eigenvalue weighted by atomic mass is 10.2. The molecule has 0 saturated carbocycles. The molecule has 4 rings (SSSR count). The fraction of sp³-hybridized carbons (Fsp3) is 0.421. The van der Waals surface area contributed by atoms with Gasteiger partial charge in [-0.25, -0.2) is 12.4 Å². The minimum atomic E-state index is -3.65. The van der Waals surface area contributed by atoms with E-state index in [-0.39, 0.29) is 11.6 Å². The van der Waals surface area contributed by atoms with Crippen LogP contribution in [0.15, 0.2) is 30.3 Å². The Balaban J connectivity index is 1.93. The fourth-order valence-electron chi connectivity index (χ4n) is 3.98. The molecule has 3 aromatic rings. The van der Waals surface area contributed by atoms with Crippen molar-refractivity contribution >= 4 is 37.9 Å². The Morgan fingerprint density at radius 1 is 1.00 bits per heavy atom. The number of amides is 1. The van der Waals surface area contributed by atoms with E-state index >= 15 is 0 Å². The predicted octanol–water partition coefficient (Wildman–Crippen LogP) is 1.72. The van der Waals surface area contributed by atoms with Crippen LogP contribution < -0.4 is 0 Å². The maximum absolute atomic E-state index is 13.3. The predicted molar refractivity (Wildman–Crippen MR) is 107 cm³/mol. The van der Waals surface area contributed by atoms with Gasteiger partial charge in [-0.3, -0.25) is 4.79 Å². The molecular formula is C19H24N4O3S. The Bertz CT molecular complexity index is 1140. The van der Waals surface area contributed by atoms with E-state index < -0.39 is 10.0 Å². The van der Waals surface area contributed by atoms with Gasteiger partial charge in [-0.2, -0.15) is 0 Å². The maximum Gasteiger partial charge on any atom is 0.271 e. The highest BCUT2D eigenvalue weighted by molar-refractivity contribution is 7.89. The summed E-state index contributed by atoms with van der Waals surface area (Å²) in [6, 6.07) is 9.37. The Labute approximate surface area is 158 Å². The third-order valence-electron chi connectivity index (χ3n) is 5.38. The molecule has 1 fully saturated rings. The van der Waals surface area contributed by atoms with E-state index in [1.54, 1.807) is 11.0 Å². The number of benzene rings is 1. The molecule has 0 unspecified atom stereocenters. The number of carbonyl (C=O) groups is 1. The molecule has 0 bridgehead atoms. The van der Waals surface area contributed by atoms with Crippen molar-refractivity contribution in [1.82, 2.24) is 18.3 Å². The minimum absolute atomic E-state index is 0.216. The van der Waals surface area contributed by atoms with E-state index in [0.717, 1.165) is 42.2 Å². The molecular weight excluding hydrogens is 364 g/mol. The first-order chi connectivity index (χ1) is 12.8. The van der Waals surface area contributed by atoms with Gasteiger partial charge in [-0.05, 0) is 32.1 Å². The van der Waals surface area contributed by atoms with E-state index in [1.807, 2.05) is 42.9 Å². The van der Waals surface area contributed by atoms with Crippen molar-refractivity contribution in [3.63, 3.8) is 0 Å². The molecule has 1 saturated heterocycles. The summed E-state index contributed by atoms with van der Waals surface area (Å²) >= 11 is 0. The number of rotatable bonds is 2. The Morgan fingerprint density at radius 2 is 1.74 bits per heavy atom. The summed E-state index contributed by atoms with van der Waals surface area (Å²) in [6.45, 7) is 2.95. The van der Waals surface area contributed by atoms with Crippen LogP contribution in [0.1, 0.15) is 16.9 Å². The summed E-state index contributed by atoms with van der Waals surface area (Å²) in [6.07, 6.45) is 2.03. The van der Waals surface area contributed by atoms with E-state index in [0.29, 0.717) is 18.6 Å². The monoisotopic (exact) mass is 388 g/mol. The zero-order valence-corrected chi connectivity index (χ0v) is 16.7. The maximum atomic E-state index is 13.3. The Kier molecular flexibility index (Phi) is 4.27. The number of hydrogen-bond donors (Lipinski definition) is 0. The molecule has 0 radical (unpaired) electrons. The highest BCUT2D eigenvalue weighted by atomic mass is 32.2. The van der Waals surface area contributed by atoms with Crippen LogP contribution in [0.25, 0.3) is 21.9 Å². The fourth-order valence-corrected chi connectivity index (χ4v) is 5.00. The van der Waals surface area contributed by atoms with Gasteiger partial charge >= 0.3 is 0 Å². The summed E-state index contributed by atoms with van der Waals surface area (Å²) in [5.41, 5.74) is 2.48. The van der Waals surface area contributed by atoms with Crippen molar-refractivity contribution in [3.8, 4) is 0 Å². The third kappa shape index (κ3) is 2.93. The number of para-hydroxylation sites is 1. The van der Waals surface area contributed by atoms with Crippen molar-refractivity contribution in [3.05, 3.63) is 36.0 Å². The van der Waals surface area contributed by atoms with E-state index in [9.17, 15) is 13.2 Å². The van der Waals surface area contributed by atoms with Gasteiger partial charge in [0.15, 0.2) is 0 Å². The highest BCUT2D eigenvalue weighted by Crippen LogP contribution is 2.32. The molecule has 0 N–H and O–H groups in total. The first-order valence-corrected chi connectivity index (χ1v) is 10.9. The summed E-state index contributed by atoms with van der Waals surface area (Å²) in [4.78, 5) is 17.2. The van der Waals surface area contributed by atoms with Crippen molar-refractivity contribution in [1.29, 1.82) is 0 Å². The lowest BCUT2D eigenvalue weighted by molar-refractivity contribution is 0.0756. The number of likely N-dealkylation sites (N-methyl/N-ethyl adjacent to an activating group) is 1.